The number of nitrogens with zero attached hydrogens (tertiary/aromatic N) is 6. The average Bonchev–Trinajstić information content (AvgIpc) is 3.21. The second-order valence-electron chi connectivity index (χ2n) is 7.62. The highest BCUT2D eigenvalue weighted by molar-refractivity contribution is 5.86. The first-order valence-corrected chi connectivity index (χ1v) is 10.0. The van der Waals surface area contributed by atoms with Crippen LogP contribution in [0.1, 0.15) is 42.9 Å². The first-order chi connectivity index (χ1) is 15.4. The number of rotatable bonds is 5. The number of nitrogens with one attached hydrogen (secondary N) is 1. The van der Waals surface area contributed by atoms with E-state index >= 15 is 0 Å². The molecule has 0 atom stereocenters. The molecule has 0 aromatic carbocycles. The molecule has 1 fully saturated rings. The summed E-state index contributed by atoms with van der Waals surface area (Å²) in [5, 5.41) is 18.2. The third kappa shape index (κ3) is 5.56. The maximum Gasteiger partial charge on any atom is 0.433 e. The third-order valence-corrected chi connectivity index (χ3v) is 5.36. The lowest BCUT2D eigenvalue weighted by Crippen LogP contribution is -2.39. The molecule has 9 nitrogen and oxygen atoms in total. The van der Waals surface area contributed by atoms with E-state index in [1.165, 1.54) is 18.6 Å². The fourth-order valence-electron chi connectivity index (χ4n) is 3.78. The Hall–Kier alpha value is -3.57. The standard InChI is InChI=1S/C20H20F3N7O2/c21-20(22,23)17-7-16(5-6-26-17)27-19(31)28-18-11-30(29-32-18)10-13-1-3-14(4-2-13)15-8-24-12-25-9-15/h5-9,11-14H,1-4,10H2,(H-,26,27,28,29,31). The van der Waals surface area contributed by atoms with Crippen LogP contribution in [0.25, 0.3) is 0 Å². The van der Waals surface area contributed by atoms with E-state index in [0.717, 1.165) is 43.5 Å². The molecule has 0 spiro atoms. The smallest absolute Gasteiger partial charge is 0.433 e. The Morgan fingerprint density at radius 1 is 1.22 bits per heavy atom. The summed E-state index contributed by atoms with van der Waals surface area (Å²) in [7, 11) is 0. The number of halogens is 3. The number of aromatic nitrogens is 5. The minimum atomic E-state index is -4.61. The Balaban J connectivity index is 1.31. The summed E-state index contributed by atoms with van der Waals surface area (Å²) >= 11 is 0. The van der Waals surface area contributed by atoms with Gasteiger partial charge in [-0.25, -0.2) is 15.0 Å². The summed E-state index contributed by atoms with van der Waals surface area (Å²) in [5.74, 6) is 0.822. The second kappa shape index (κ2) is 9.28. The van der Waals surface area contributed by atoms with E-state index < -0.39 is 17.9 Å². The molecule has 0 aliphatic heterocycles. The van der Waals surface area contributed by atoms with E-state index in [1.54, 1.807) is 4.68 Å². The van der Waals surface area contributed by atoms with Crippen molar-refractivity contribution in [3.63, 3.8) is 0 Å². The van der Waals surface area contributed by atoms with Crippen LogP contribution in [0.4, 0.5) is 24.7 Å². The van der Waals surface area contributed by atoms with Crippen LogP contribution < -0.4 is 15.1 Å². The molecule has 0 unspecified atom stereocenters. The molecule has 0 bridgehead atoms. The maximum atomic E-state index is 12.7. The quantitative estimate of drug-likeness (QED) is 0.363. The van der Waals surface area contributed by atoms with Crippen LogP contribution in [-0.4, -0.2) is 26.2 Å². The molecule has 1 saturated carbocycles. The molecule has 12 heteroatoms. The van der Waals surface area contributed by atoms with Crippen molar-refractivity contribution in [2.24, 2.45) is 10.9 Å². The number of anilines is 1. The number of aliphatic imine (C=N–C) groups is 1. The Labute approximate surface area is 181 Å². The summed E-state index contributed by atoms with van der Waals surface area (Å²) in [6.07, 6.45) is 7.16. The van der Waals surface area contributed by atoms with E-state index in [2.05, 4.69) is 30.5 Å². The molecule has 0 amide bonds. The lowest BCUT2D eigenvalue weighted by Gasteiger charge is -2.25. The van der Waals surface area contributed by atoms with E-state index in [-0.39, 0.29) is 11.6 Å². The zero-order valence-electron chi connectivity index (χ0n) is 16.9. The van der Waals surface area contributed by atoms with Crippen LogP contribution in [0.2, 0.25) is 0 Å². The molecular formula is C20H20F3N7O2. The van der Waals surface area contributed by atoms with Gasteiger partial charge in [-0.3, -0.25) is 9.51 Å². The highest BCUT2D eigenvalue weighted by atomic mass is 19.4. The molecule has 1 N–H and O–H groups in total. The van der Waals surface area contributed by atoms with Crippen LogP contribution in [0, 0.1) is 5.92 Å². The molecule has 3 heterocycles. The molecule has 168 valence electrons. The monoisotopic (exact) mass is 447 g/mol. The lowest BCUT2D eigenvalue weighted by atomic mass is 9.79. The van der Waals surface area contributed by atoms with E-state index in [9.17, 15) is 18.3 Å². The SMILES string of the molecule is [O-]/C(=N\c1c[n+](CC2CCC(c3cncnc3)CC2)no1)Nc1ccnc(C(F)(F)F)c1. The van der Waals surface area contributed by atoms with Gasteiger partial charge in [0.2, 0.25) is 5.27 Å². The zero-order chi connectivity index (χ0) is 22.6. The fraction of sp³-hybridized carbons (Fsp3) is 0.400. The van der Waals surface area contributed by atoms with E-state index in [0.29, 0.717) is 18.4 Å². The van der Waals surface area contributed by atoms with Gasteiger partial charge in [0.05, 0.1) is 6.02 Å². The Morgan fingerprint density at radius 2 is 1.97 bits per heavy atom. The van der Waals surface area contributed by atoms with Gasteiger partial charge in [0.15, 0.2) is 6.54 Å². The van der Waals surface area contributed by atoms with Gasteiger partial charge in [0.25, 0.3) is 6.20 Å². The number of pyridine rings is 1. The van der Waals surface area contributed by atoms with Crippen molar-refractivity contribution < 1.29 is 27.5 Å². The van der Waals surface area contributed by atoms with Crippen LogP contribution in [0.15, 0.2) is 52.8 Å². The van der Waals surface area contributed by atoms with Crippen LogP contribution in [0.5, 0.6) is 0 Å². The third-order valence-electron chi connectivity index (χ3n) is 5.36. The van der Waals surface area contributed by atoms with Gasteiger partial charge in [-0.05, 0) is 49.3 Å². The van der Waals surface area contributed by atoms with Gasteiger partial charge in [-0.1, -0.05) is 4.68 Å². The first kappa shape index (κ1) is 21.7. The average molecular weight is 447 g/mol. The maximum absolute atomic E-state index is 12.7. The topological polar surface area (TPSA) is 116 Å². The second-order valence-corrected chi connectivity index (χ2v) is 7.62. The van der Waals surface area contributed by atoms with Crippen LogP contribution >= 0.6 is 0 Å². The predicted molar refractivity (Wildman–Crippen MR) is 103 cm³/mol. The summed E-state index contributed by atoms with van der Waals surface area (Å²) in [6.45, 7) is 0.623. The molecule has 3 aromatic rings. The van der Waals surface area contributed by atoms with Crippen molar-refractivity contribution in [3.05, 3.63) is 54.5 Å². The van der Waals surface area contributed by atoms with E-state index in [4.69, 9.17) is 4.52 Å². The van der Waals surface area contributed by atoms with Crippen molar-refractivity contribution in [3.8, 4) is 0 Å². The fourth-order valence-corrected chi connectivity index (χ4v) is 3.78. The molecule has 1 aliphatic rings. The van der Waals surface area contributed by atoms with Crippen LogP contribution in [-0.2, 0) is 12.7 Å². The minimum absolute atomic E-state index is 0.0391. The number of alkyl halides is 3. The van der Waals surface area contributed by atoms with Gasteiger partial charge in [-0.2, -0.15) is 13.2 Å². The van der Waals surface area contributed by atoms with Gasteiger partial charge in [0.1, 0.15) is 12.0 Å². The van der Waals surface area contributed by atoms with Crippen molar-refractivity contribution in [1.82, 2.24) is 20.2 Å². The van der Waals surface area contributed by atoms with Gasteiger partial charge >= 0.3 is 12.1 Å². The normalized spacial score (nSPS) is 19.7. The van der Waals surface area contributed by atoms with E-state index in [1.807, 2.05) is 12.4 Å². The zero-order valence-corrected chi connectivity index (χ0v) is 16.9. The number of hydrogen-bond acceptors (Lipinski definition) is 7. The number of hydrogen-bond donors (Lipinski definition) is 1. The van der Waals surface area contributed by atoms with Crippen LogP contribution in [0.3, 0.4) is 0 Å². The highest BCUT2D eigenvalue weighted by Gasteiger charge is 2.32. The molecule has 3 aromatic heterocycles. The molecular weight excluding hydrogens is 427 g/mol. The molecule has 4 rings (SSSR count). The molecule has 0 saturated heterocycles. The first-order valence-electron chi connectivity index (χ1n) is 10.0. The summed E-state index contributed by atoms with van der Waals surface area (Å²) < 4.78 is 44.8. The Morgan fingerprint density at radius 3 is 2.69 bits per heavy atom. The highest BCUT2D eigenvalue weighted by Crippen LogP contribution is 2.35. The van der Waals surface area contributed by atoms with Gasteiger partial charge in [-0.15, -0.1) is 0 Å². The van der Waals surface area contributed by atoms with Crippen molar-refractivity contribution in [1.29, 1.82) is 0 Å². The van der Waals surface area contributed by atoms with Gasteiger partial charge in [0, 0.05) is 30.2 Å². The predicted octanol–water partition coefficient (Wildman–Crippen LogP) is 2.60. The minimum Gasteiger partial charge on any atom is -0.846 e. The Bertz CT molecular complexity index is 1060. The summed E-state index contributed by atoms with van der Waals surface area (Å²) in [4.78, 5) is 15.1. The molecule has 1 aliphatic carbocycles. The van der Waals surface area contributed by atoms with Crippen molar-refractivity contribution in [2.45, 2.75) is 44.3 Å². The number of amidine groups is 1. The Kier molecular flexibility index (Phi) is 6.28. The molecule has 32 heavy (non-hydrogen) atoms. The summed E-state index contributed by atoms with van der Waals surface area (Å²) in [5.41, 5.74) is -0.0277. The van der Waals surface area contributed by atoms with Crippen molar-refractivity contribution >= 4 is 17.6 Å². The largest absolute Gasteiger partial charge is 0.846 e. The molecule has 0 radical (unpaired) electrons. The van der Waals surface area contributed by atoms with Crippen molar-refractivity contribution in [2.75, 3.05) is 5.32 Å². The van der Waals surface area contributed by atoms with Gasteiger partial charge < -0.3 is 10.4 Å². The summed E-state index contributed by atoms with van der Waals surface area (Å²) in [6, 6.07) is 1.09. The lowest BCUT2D eigenvalue weighted by molar-refractivity contribution is -0.767.